The quantitative estimate of drug-likeness (QED) is 0.422. The Bertz CT molecular complexity index is 1290. The number of halogens is 2. The van der Waals surface area contributed by atoms with Crippen molar-refractivity contribution in [1.82, 2.24) is 10.2 Å². The maximum absolute atomic E-state index is 14.1. The van der Waals surface area contributed by atoms with E-state index < -0.39 is 11.6 Å². The van der Waals surface area contributed by atoms with Gasteiger partial charge in [0.2, 0.25) is 0 Å². The topological polar surface area (TPSA) is 40.0 Å². The van der Waals surface area contributed by atoms with Gasteiger partial charge in [-0.3, -0.25) is 9.98 Å². The molecule has 3 aliphatic rings. The van der Waals surface area contributed by atoms with Crippen LogP contribution in [0.25, 0.3) is 5.57 Å². The third kappa shape index (κ3) is 5.86. The second-order valence-electron chi connectivity index (χ2n) is 10.3. The van der Waals surface area contributed by atoms with Crippen molar-refractivity contribution in [2.24, 2.45) is 15.9 Å². The van der Waals surface area contributed by atoms with Crippen LogP contribution in [0.4, 0.5) is 8.78 Å². The molecule has 1 aromatic carbocycles. The summed E-state index contributed by atoms with van der Waals surface area (Å²) in [5.41, 5.74) is 8.27. The zero-order valence-electron chi connectivity index (χ0n) is 23.0. The predicted molar refractivity (Wildman–Crippen MR) is 155 cm³/mol. The van der Waals surface area contributed by atoms with Crippen molar-refractivity contribution in [3.05, 3.63) is 101 Å². The van der Waals surface area contributed by atoms with Crippen LogP contribution >= 0.6 is 0 Å². The van der Waals surface area contributed by atoms with Gasteiger partial charge in [-0.25, -0.2) is 8.78 Å². The van der Waals surface area contributed by atoms with Crippen LogP contribution in [-0.2, 0) is 0 Å². The minimum atomic E-state index is -0.617. The molecule has 1 aromatic rings. The van der Waals surface area contributed by atoms with E-state index >= 15 is 0 Å². The number of hydrogen-bond acceptors (Lipinski definition) is 4. The van der Waals surface area contributed by atoms with Gasteiger partial charge in [0.25, 0.3) is 0 Å². The van der Waals surface area contributed by atoms with Crippen LogP contribution in [0.2, 0.25) is 0 Å². The molecule has 200 valence electrons. The van der Waals surface area contributed by atoms with Gasteiger partial charge in [-0.1, -0.05) is 43.9 Å². The lowest BCUT2D eigenvalue weighted by Gasteiger charge is -2.40. The second kappa shape index (κ2) is 12.0. The Balaban J connectivity index is 1.89. The van der Waals surface area contributed by atoms with Crippen molar-refractivity contribution in [3.63, 3.8) is 0 Å². The summed E-state index contributed by atoms with van der Waals surface area (Å²) >= 11 is 0. The number of rotatable bonds is 6. The summed E-state index contributed by atoms with van der Waals surface area (Å²) < 4.78 is 28.1. The standard InChI is InChI=1S/C32H38F2N4/c1-7-28(31-24(6)20(2)9-8-11-37-31)30-29(15-22(4)25-16-26(33)18-27(34)17-25)36-12-10-21(3)32(30)38-14-13-35-19-23(38)5/h7-8,10-11,16-18,23-24,35H,2,4,9,12-15,19H2,1,3,5-6H3/b28-7+/t23-,24?/m0/s1. The van der Waals surface area contributed by atoms with E-state index in [2.05, 4.69) is 56.3 Å². The fourth-order valence-corrected chi connectivity index (χ4v) is 5.38. The summed E-state index contributed by atoms with van der Waals surface area (Å²) in [4.78, 5) is 12.4. The summed E-state index contributed by atoms with van der Waals surface area (Å²) in [6, 6.07) is 3.82. The molecule has 0 amide bonds. The molecule has 0 bridgehead atoms. The largest absolute Gasteiger partial charge is 0.366 e. The van der Waals surface area contributed by atoms with Crippen LogP contribution in [0, 0.1) is 17.6 Å². The third-order valence-corrected chi connectivity index (χ3v) is 7.57. The summed E-state index contributed by atoms with van der Waals surface area (Å²) in [6.45, 7) is 20.3. The summed E-state index contributed by atoms with van der Waals surface area (Å²) in [5.74, 6) is -1.18. The minimum absolute atomic E-state index is 0.0553. The highest BCUT2D eigenvalue weighted by atomic mass is 19.1. The number of benzene rings is 1. The first kappa shape index (κ1) is 27.6. The average molecular weight is 517 g/mol. The fraction of sp³-hybridized carbons (Fsp3) is 0.375. The van der Waals surface area contributed by atoms with Gasteiger partial charge in [0.05, 0.1) is 12.3 Å². The fourth-order valence-electron chi connectivity index (χ4n) is 5.38. The molecular formula is C32H38F2N4. The van der Waals surface area contributed by atoms with Crippen molar-refractivity contribution in [2.75, 3.05) is 26.2 Å². The minimum Gasteiger partial charge on any atom is -0.366 e. The lowest BCUT2D eigenvalue weighted by molar-refractivity contribution is 0.226. The van der Waals surface area contributed by atoms with Gasteiger partial charge in [-0.05, 0) is 56.0 Å². The molecule has 0 radical (unpaired) electrons. The molecule has 1 fully saturated rings. The molecule has 4 nitrogen and oxygen atoms in total. The number of allylic oxidation sites excluding steroid dienone is 7. The maximum Gasteiger partial charge on any atom is 0.126 e. The van der Waals surface area contributed by atoms with Gasteiger partial charge >= 0.3 is 0 Å². The number of nitrogens with one attached hydrogen (secondary N) is 1. The van der Waals surface area contributed by atoms with Gasteiger partial charge < -0.3 is 10.2 Å². The lowest BCUT2D eigenvalue weighted by Crippen LogP contribution is -2.49. The van der Waals surface area contributed by atoms with Crippen molar-refractivity contribution < 1.29 is 8.78 Å². The zero-order valence-corrected chi connectivity index (χ0v) is 23.0. The molecule has 1 unspecified atom stereocenters. The van der Waals surface area contributed by atoms with Gasteiger partial charge in [-0.2, -0.15) is 0 Å². The second-order valence-corrected chi connectivity index (χ2v) is 10.3. The van der Waals surface area contributed by atoms with Gasteiger partial charge in [0.15, 0.2) is 0 Å². The first-order valence-corrected chi connectivity index (χ1v) is 13.3. The Morgan fingerprint density at radius 3 is 2.63 bits per heavy atom. The van der Waals surface area contributed by atoms with Crippen LogP contribution < -0.4 is 5.32 Å². The molecule has 4 rings (SSSR count). The Hall–Kier alpha value is -3.38. The van der Waals surface area contributed by atoms with Crippen LogP contribution in [0.1, 0.15) is 46.1 Å². The normalized spacial score (nSPS) is 23.0. The summed E-state index contributed by atoms with van der Waals surface area (Å²) in [5, 5.41) is 3.49. The monoisotopic (exact) mass is 516 g/mol. The van der Waals surface area contributed by atoms with Gasteiger partial charge in [-0.15, -0.1) is 0 Å². The van der Waals surface area contributed by atoms with E-state index in [-0.39, 0.29) is 12.0 Å². The Morgan fingerprint density at radius 1 is 1.21 bits per heavy atom. The molecule has 38 heavy (non-hydrogen) atoms. The van der Waals surface area contributed by atoms with Crippen molar-refractivity contribution in [3.8, 4) is 0 Å². The highest BCUT2D eigenvalue weighted by Gasteiger charge is 2.32. The Kier molecular flexibility index (Phi) is 8.72. The molecule has 2 atom stereocenters. The van der Waals surface area contributed by atoms with E-state index in [0.29, 0.717) is 24.1 Å². The lowest BCUT2D eigenvalue weighted by atomic mass is 9.82. The summed E-state index contributed by atoms with van der Waals surface area (Å²) in [6.07, 6.45) is 9.33. The molecule has 0 aliphatic carbocycles. The number of nitrogens with zero attached hydrogens (tertiary/aromatic N) is 3. The van der Waals surface area contributed by atoms with E-state index in [1.54, 1.807) is 0 Å². The van der Waals surface area contributed by atoms with E-state index in [0.717, 1.165) is 71.5 Å². The van der Waals surface area contributed by atoms with Crippen LogP contribution in [0.3, 0.4) is 0 Å². The smallest absolute Gasteiger partial charge is 0.126 e. The maximum atomic E-state index is 14.1. The van der Waals surface area contributed by atoms with E-state index in [1.165, 1.54) is 12.1 Å². The van der Waals surface area contributed by atoms with Crippen molar-refractivity contribution in [2.45, 2.75) is 46.6 Å². The highest BCUT2D eigenvalue weighted by Crippen LogP contribution is 2.36. The molecule has 6 heteroatoms. The van der Waals surface area contributed by atoms with Crippen LogP contribution in [0.5, 0.6) is 0 Å². The zero-order chi connectivity index (χ0) is 27.4. The first-order valence-electron chi connectivity index (χ1n) is 13.3. The van der Waals surface area contributed by atoms with Crippen LogP contribution in [0.15, 0.2) is 93.8 Å². The first-order chi connectivity index (χ1) is 18.2. The Morgan fingerprint density at radius 2 is 1.95 bits per heavy atom. The van der Waals surface area contributed by atoms with Gasteiger partial charge in [0.1, 0.15) is 11.6 Å². The summed E-state index contributed by atoms with van der Waals surface area (Å²) in [7, 11) is 0. The Labute approximate surface area is 225 Å². The molecule has 3 aliphatic heterocycles. The third-order valence-electron chi connectivity index (χ3n) is 7.57. The molecule has 3 heterocycles. The highest BCUT2D eigenvalue weighted by molar-refractivity contribution is 6.20. The molecule has 0 saturated carbocycles. The number of hydrogen-bond donors (Lipinski definition) is 1. The molecule has 1 saturated heterocycles. The van der Waals surface area contributed by atoms with E-state index in [4.69, 9.17) is 9.98 Å². The molecule has 1 N–H and O–H groups in total. The van der Waals surface area contributed by atoms with Crippen molar-refractivity contribution >= 4 is 17.0 Å². The van der Waals surface area contributed by atoms with Crippen LogP contribution in [-0.4, -0.2) is 48.5 Å². The molecular weight excluding hydrogens is 478 g/mol. The van der Waals surface area contributed by atoms with Crippen molar-refractivity contribution in [1.29, 1.82) is 0 Å². The molecule has 0 aromatic heterocycles. The number of aliphatic imine (C=N–C) groups is 2. The molecule has 0 spiro atoms. The van der Waals surface area contributed by atoms with E-state index in [1.807, 2.05) is 19.2 Å². The van der Waals surface area contributed by atoms with Gasteiger partial charge in [0, 0.05) is 72.8 Å². The van der Waals surface area contributed by atoms with E-state index in [9.17, 15) is 8.78 Å². The number of piperazine rings is 1. The predicted octanol–water partition coefficient (Wildman–Crippen LogP) is 6.81. The average Bonchev–Trinajstić information content (AvgIpc) is 3.14. The SMILES string of the molecule is C=C(CC1=NCC=C(C)C(N2CCNC[C@@H]2C)=C1/C(=C\C)C1=NC=CCC(=C)C1C)c1cc(F)cc(F)c1.